The number of halogens is 2. The fourth-order valence-corrected chi connectivity index (χ4v) is 4.18. The second-order valence-electron chi connectivity index (χ2n) is 6.77. The molecule has 17 heteroatoms. The second-order valence-corrected chi connectivity index (χ2v) is 10.1. The van der Waals surface area contributed by atoms with Gasteiger partial charge in [0.25, 0.3) is 6.54 Å². The van der Waals surface area contributed by atoms with Gasteiger partial charge in [0.1, 0.15) is 23.8 Å². The minimum Gasteiger partial charge on any atom is -0.480 e. The van der Waals surface area contributed by atoms with E-state index in [1.165, 1.54) is 22.7 Å². The van der Waals surface area contributed by atoms with Crippen molar-refractivity contribution in [3.8, 4) is 18.2 Å². The molecule has 0 aromatic carbocycles. The van der Waals surface area contributed by atoms with Crippen LogP contribution in [0.25, 0.3) is 14.5 Å². The Kier molecular flexibility index (Phi) is 33.0. The molecule has 0 radical (unpaired) electrons. The molecule has 0 aliphatic rings. The maximum Gasteiger partial charge on any atom is 0.298 e. The number of nitrogens with zero attached hydrogens (tertiary/aromatic N) is 6. The lowest BCUT2D eigenvalue weighted by atomic mass is 10.2. The van der Waals surface area contributed by atoms with Gasteiger partial charge in [0, 0.05) is 19.9 Å². The van der Waals surface area contributed by atoms with Crippen LogP contribution in [0, 0.1) is 67.6 Å². The maximum atomic E-state index is 8.22. The van der Waals surface area contributed by atoms with Crippen molar-refractivity contribution in [2.75, 3.05) is 30.4 Å². The Bertz CT molecular complexity index is 1350. The molecular formula is C26H35BrClN11OS3. The highest BCUT2D eigenvalue weighted by molar-refractivity contribution is 9.10. The van der Waals surface area contributed by atoms with E-state index in [0.717, 1.165) is 14.2 Å². The molecule has 0 aliphatic heterocycles. The number of rotatable bonds is 3. The normalized spacial score (nSPS) is 8.14. The molecule has 0 atom stereocenters. The van der Waals surface area contributed by atoms with Crippen LogP contribution >= 0.6 is 64.5 Å². The average molecular weight is 729 g/mol. The summed E-state index contributed by atoms with van der Waals surface area (Å²) in [5.74, 6) is 0.502. The SMILES string of the molecule is C/C=C(\N)OCC.CCC(N)=C(C#N)C#N.Cl.S.[C-]#[N+]CC#N.[C-]#[N+]c1c(N)sc(C)c1Br.[C-]#[N+]c1c(N)sc(C)c1N. The summed E-state index contributed by atoms with van der Waals surface area (Å²) in [5, 5.41) is 25.2. The number of hydrogen-bond acceptors (Lipinski definition) is 11. The summed E-state index contributed by atoms with van der Waals surface area (Å²) in [5.41, 5.74) is 28.9. The maximum absolute atomic E-state index is 8.22. The van der Waals surface area contributed by atoms with Crippen molar-refractivity contribution in [2.24, 2.45) is 11.5 Å². The number of hydrogen-bond donors (Lipinski definition) is 5. The van der Waals surface area contributed by atoms with Crippen LogP contribution in [0.3, 0.4) is 0 Å². The number of ether oxygens (including phenoxy) is 1. The summed E-state index contributed by atoms with van der Waals surface area (Å²) in [4.78, 5) is 11.2. The molecule has 232 valence electrons. The summed E-state index contributed by atoms with van der Waals surface area (Å²) in [6.45, 7) is 29.4. The van der Waals surface area contributed by atoms with Crippen LogP contribution in [-0.4, -0.2) is 13.2 Å². The van der Waals surface area contributed by atoms with Crippen molar-refractivity contribution in [1.82, 2.24) is 0 Å². The van der Waals surface area contributed by atoms with E-state index in [1.807, 2.05) is 27.7 Å². The predicted molar refractivity (Wildman–Crippen MR) is 189 cm³/mol. The van der Waals surface area contributed by atoms with Crippen LogP contribution in [0.2, 0.25) is 0 Å². The van der Waals surface area contributed by atoms with E-state index in [9.17, 15) is 0 Å². The van der Waals surface area contributed by atoms with Crippen LogP contribution in [0.5, 0.6) is 0 Å². The summed E-state index contributed by atoms with van der Waals surface area (Å²) >= 11 is 6.07. The third-order valence-electron chi connectivity index (χ3n) is 4.04. The molecule has 0 bridgehead atoms. The van der Waals surface area contributed by atoms with Crippen LogP contribution in [0.1, 0.15) is 36.9 Å². The topological polar surface area (TPSA) is 224 Å². The molecule has 0 saturated carbocycles. The molecule has 2 heterocycles. The van der Waals surface area contributed by atoms with Crippen molar-refractivity contribution in [2.45, 2.75) is 41.0 Å². The van der Waals surface area contributed by atoms with Crippen molar-refractivity contribution in [3.05, 3.63) is 71.7 Å². The third kappa shape index (κ3) is 20.3. The number of anilines is 3. The van der Waals surface area contributed by atoms with Gasteiger partial charge in [-0.25, -0.2) is 16.3 Å². The second kappa shape index (κ2) is 29.2. The molecule has 2 aromatic rings. The van der Waals surface area contributed by atoms with Gasteiger partial charge >= 0.3 is 0 Å². The summed E-state index contributed by atoms with van der Waals surface area (Å²) in [6, 6.07) is 5.06. The first-order chi connectivity index (χ1) is 19.3. The van der Waals surface area contributed by atoms with Crippen LogP contribution in [-0.2, 0) is 4.74 Å². The number of nitriles is 3. The lowest BCUT2D eigenvalue weighted by molar-refractivity contribution is 0.226. The molecule has 2 aromatic heterocycles. The first kappa shape index (κ1) is 48.5. The first-order valence-corrected chi connectivity index (χ1v) is 13.7. The smallest absolute Gasteiger partial charge is 0.298 e. The van der Waals surface area contributed by atoms with E-state index in [2.05, 4.69) is 30.5 Å². The first-order valence-electron chi connectivity index (χ1n) is 11.3. The van der Waals surface area contributed by atoms with Gasteiger partial charge in [0.05, 0.1) is 35.4 Å². The minimum atomic E-state index is -0.0139. The Hall–Kier alpha value is -4.26. The fraction of sp³-hybridized carbons (Fsp3) is 0.308. The van der Waals surface area contributed by atoms with Crippen molar-refractivity contribution < 1.29 is 4.74 Å². The van der Waals surface area contributed by atoms with Crippen molar-refractivity contribution in [3.63, 3.8) is 0 Å². The Morgan fingerprint density at radius 3 is 1.56 bits per heavy atom. The van der Waals surface area contributed by atoms with Gasteiger partial charge in [0.15, 0.2) is 5.88 Å². The molecule has 0 saturated heterocycles. The molecule has 2 rings (SSSR count). The Morgan fingerprint density at radius 1 is 0.953 bits per heavy atom. The van der Waals surface area contributed by atoms with Gasteiger partial charge in [-0.3, -0.25) is 0 Å². The molecular weight excluding hydrogens is 694 g/mol. The highest BCUT2D eigenvalue weighted by Crippen LogP contribution is 2.41. The zero-order chi connectivity index (χ0) is 32.5. The zero-order valence-electron chi connectivity index (χ0n) is 24.3. The van der Waals surface area contributed by atoms with E-state index in [-0.39, 0.29) is 38.0 Å². The Labute approximate surface area is 283 Å². The van der Waals surface area contributed by atoms with Crippen LogP contribution < -0.4 is 28.7 Å². The van der Waals surface area contributed by atoms with Gasteiger partial charge < -0.3 is 38.3 Å². The molecule has 10 N–H and O–H groups in total. The van der Waals surface area contributed by atoms with E-state index < -0.39 is 0 Å². The monoisotopic (exact) mass is 727 g/mol. The number of aryl methyl sites for hydroxylation is 2. The molecule has 0 aliphatic carbocycles. The molecule has 0 unspecified atom stereocenters. The lowest BCUT2D eigenvalue weighted by Crippen LogP contribution is -2.00. The highest BCUT2D eigenvalue weighted by atomic mass is 79.9. The van der Waals surface area contributed by atoms with Crippen LogP contribution in [0.15, 0.2) is 27.7 Å². The Balaban J connectivity index is -0.000000141. The zero-order valence-corrected chi connectivity index (χ0v) is 29.3. The number of thiophene rings is 2. The summed E-state index contributed by atoms with van der Waals surface area (Å²) in [6.07, 6.45) is 2.28. The highest BCUT2D eigenvalue weighted by Gasteiger charge is 2.10. The van der Waals surface area contributed by atoms with E-state index in [4.69, 9.17) is 68.9 Å². The molecule has 0 spiro atoms. The largest absolute Gasteiger partial charge is 0.480 e. The predicted octanol–water partition coefficient (Wildman–Crippen LogP) is 7.19. The van der Waals surface area contributed by atoms with E-state index in [0.29, 0.717) is 51.7 Å². The standard InChI is InChI=1S/C6H5BrN2S.C6H7N3S.C6H7N3.C5H11NO.C3H2N2.ClH.H2S/c2*1-3-4(7)5(9-2)6(8)10-3;1-2-6(9)5(3-7)4-8;1-3-5(6)7-4-2;1-5-3-2-4;;/h8H2,1H3;7-8H2,1H3;2,9H2,1H3;3H,4,6H2,1-2H3;3H2;1H;1H2/b;;;5-3+;;;. The van der Waals surface area contributed by atoms with E-state index >= 15 is 0 Å². The number of nitrogen functional groups attached to an aromatic ring is 3. The lowest BCUT2D eigenvalue weighted by Gasteiger charge is -1.97. The van der Waals surface area contributed by atoms with Crippen molar-refractivity contribution >= 4 is 91.6 Å². The molecule has 12 nitrogen and oxygen atoms in total. The van der Waals surface area contributed by atoms with Crippen LogP contribution in [0.4, 0.5) is 27.1 Å². The summed E-state index contributed by atoms with van der Waals surface area (Å²) < 4.78 is 5.67. The number of allylic oxidation sites excluding steroid dienone is 3. The van der Waals surface area contributed by atoms with Crippen molar-refractivity contribution in [1.29, 1.82) is 15.8 Å². The molecule has 0 fully saturated rings. The van der Waals surface area contributed by atoms with Gasteiger partial charge in [-0.1, -0.05) is 22.9 Å². The average Bonchev–Trinajstić information content (AvgIpc) is 3.35. The minimum absolute atomic E-state index is 0. The third-order valence-corrected chi connectivity index (χ3v) is 7.13. The number of nitrogens with two attached hydrogens (primary N) is 5. The summed E-state index contributed by atoms with van der Waals surface area (Å²) in [7, 11) is 0. The molecule has 43 heavy (non-hydrogen) atoms. The fourth-order valence-electron chi connectivity index (χ4n) is 1.95. The van der Waals surface area contributed by atoms with Gasteiger partial charge in [-0.2, -0.15) is 29.3 Å². The van der Waals surface area contributed by atoms with Gasteiger partial charge in [-0.15, -0.1) is 35.1 Å². The Morgan fingerprint density at radius 2 is 1.42 bits per heavy atom. The van der Waals surface area contributed by atoms with Gasteiger partial charge in [-0.05, 0) is 40.2 Å². The quantitative estimate of drug-likeness (QED) is 0.0932. The molecule has 0 amide bonds. The van der Waals surface area contributed by atoms with Gasteiger partial charge in [0.2, 0.25) is 11.4 Å². The van der Waals surface area contributed by atoms with E-state index in [1.54, 1.807) is 31.2 Å².